The molecule has 132 valence electrons. The average molecular weight is 412 g/mol. The van der Waals surface area contributed by atoms with Crippen LogP contribution in [0.5, 0.6) is 0 Å². The van der Waals surface area contributed by atoms with E-state index in [0.717, 1.165) is 15.6 Å². The number of halogens is 1. The van der Waals surface area contributed by atoms with Crippen LogP contribution in [0, 0.1) is 0 Å². The molecule has 6 heteroatoms. The first-order valence-corrected chi connectivity index (χ1v) is 9.00. The zero-order valence-electron chi connectivity index (χ0n) is 14.2. The highest BCUT2D eigenvalue weighted by Crippen LogP contribution is 2.18. The topological polar surface area (TPSA) is 64.0 Å². The predicted molar refractivity (Wildman–Crippen MR) is 105 cm³/mol. The number of benzene rings is 2. The van der Waals surface area contributed by atoms with Gasteiger partial charge in [0.15, 0.2) is 0 Å². The molecule has 1 atom stereocenters. The van der Waals surface area contributed by atoms with E-state index in [-0.39, 0.29) is 24.1 Å². The van der Waals surface area contributed by atoms with Crippen LogP contribution in [0.2, 0.25) is 0 Å². The zero-order valence-corrected chi connectivity index (χ0v) is 15.8. The summed E-state index contributed by atoms with van der Waals surface area (Å²) in [6, 6.07) is 20.2. The van der Waals surface area contributed by atoms with Gasteiger partial charge in [-0.15, -0.1) is 0 Å². The molecule has 0 fully saturated rings. The van der Waals surface area contributed by atoms with Crippen molar-refractivity contribution in [1.82, 2.24) is 15.1 Å². The van der Waals surface area contributed by atoms with E-state index in [1.54, 1.807) is 6.07 Å². The first-order valence-electron chi connectivity index (χ1n) is 8.21. The highest BCUT2D eigenvalue weighted by atomic mass is 79.9. The summed E-state index contributed by atoms with van der Waals surface area (Å²) in [5.74, 6) is -0.266. The van der Waals surface area contributed by atoms with E-state index in [9.17, 15) is 9.59 Å². The third-order valence-electron chi connectivity index (χ3n) is 3.96. The van der Waals surface area contributed by atoms with Crippen LogP contribution in [0.25, 0.3) is 11.3 Å². The largest absolute Gasteiger partial charge is 0.348 e. The van der Waals surface area contributed by atoms with Gasteiger partial charge in [0.05, 0.1) is 11.7 Å². The van der Waals surface area contributed by atoms with Crippen molar-refractivity contribution in [2.24, 2.45) is 0 Å². The summed E-state index contributed by atoms with van der Waals surface area (Å²) in [7, 11) is 0. The first-order chi connectivity index (χ1) is 12.5. The Hall–Kier alpha value is -2.73. The third-order valence-corrected chi connectivity index (χ3v) is 4.45. The van der Waals surface area contributed by atoms with Crippen molar-refractivity contribution in [2.45, 2.75) is 19.5 Å². The van der Waals surface area contributed by atoms with Crippen molar-refractivity contribution in [2.75, 3.05) is 0 Å². The van der Waals surface area contributed by atoms with Crippen LogP contribution < -0.4 is 10.9 Å². The molecule has 0 radical (unpaired) electrons. The maximum Gasteiger partial charge on any atom is 0.267 e. The van der Waals surface area contributed by atoms with Crippen molar-refractivity contribution in [3.8, 4) is 11.3 Å². The molecule has 5 nitrogen and oxygen atoms in total. The maximum atomic E-state index is 12.4. The minimum Gasteiger partial charge on any atom is -0.348 e. The molecule has 0 bridgehead atoms. The standard InChI is InChI=1S/C20H18BrN3O2/c1-14(16-8-5-9-17(21)12-16)22-19(25)13-24-20(26)11-10-18(23-24)15-6-3-2-4-7-15/h2-12,14H,13H2,1H3,(H,22,25). The van der Waals surface area contributed by atoms with Crippen molar-refractivity contribution >= 4 is 21.8 Å². The number of hydrogen-bond donors (Lipinski definition) is 1. The molecule has 1 amide bonds. The smallest absolute Gasteiger partial charge is 0.267 e. The molecule has 2 aromatic carbocycles. The minimum absolute atomic E-state index is 0.127. The molecule has 1 aromatic heterocycles. The quantitative estimate of drug-likeness (QED) is 0.697. The molecule has 3 aromatic rings. The van der Waals surface area contributed by atoms with Gasteiger partial charge in [0.2, 0.25) is 5.91 Å². The molecule has 3 rings (SSSR count). The van der Waals surface area contributed by atoms with Crippen molar-refractivity contribution in [3.05, 3.63) is 87.1 Å². The molecule has 0 saturated heterocycles. The second-order valence-electron chi connectivity index (χ2n) is 5.92. The molecule has 0 saturated carbocycles. The van der Waals surface area contributed by atoms with E-state index >= 15 is 0 Å². The number of nitrogens with one attached hydrogen (secondary N) is 1. The van der Waals surface area contributed by atoms with Crippen molar-refractivity contribution in [3.63, 3.8) is 0 Å². The summed E-state index contributed by atoms with van der Waals surface area (Å²) in [6.07, 6.45) is 0. The lowest BCUT2D eigenvalue weighted by Gasteiger charge is -2.15. The zero-order chi connectivity index (χ0) is 18.5. The summed E-state index contributed by atoms with van der Waals surface area (Å²) in [6.45, 7) is 1.77. The predicted octanol–water partition coefficient (Wildman–Crippen LogP) is 3.55. The summed E-state index contributed by atoms with van der Waals surface area (Å²) < 4.78 is 2.13. The van der Waals surface area contributed by atoms with Gasteiger partial charge in [-0.3, -0.25) is 9.59 Å². The normalized spacial score (nSPS) is 11.8. The second-order valence-corrected chi connectivity index (χ2v) is 6.84. The van der Waals surface area contributed by atoms with Crippen molar-refractivity contribution < 1.29 is 4.79 Å². The Morgan fingerprint density at radius 2 is 1.88 bits per heavy atom. The van der Waals surface area contributed by atoms with Gasteiger partial charge in [-0.05, 0) is 30.7 Å². The van der Waals surface area contributed by atoms with Crippen LogP contribution in [0.1, 0.15) is 18.5 Å². The van der Waals surface area contributed by atoms with Crippen LogP contribution in [-0.2, 0) is 11.3 Å². The Morgan fingerprint density at radius 1 is 1.12 bits per heavy atom. The molecule has 1 heterocycles. The lowest BCUT2D eigenvalue weighted by Crippen LogP contribution is -2.34. The first kappa shape index (κ1) is 18.1. The number of hydrogen-bond acceptors (Lipinski definition) is 3. The van der Waals surface area contributed by atoms with Gasteiger partial charge in [-0.1, -0.05) is 58.4 Å². The Balaban J connectivity index is 1.74. The van der Waals surface area contributed by atoms with Crippen LogP contribution in [-0.4, -0.2) is 15.7 Å². The summed E-state index contributed by atoms with van der Waals surface area (Å²) in [5, 5.41) is 7.21. The molecule has 0 aliphatic carbocycles. The van der Waals surface area contributed by atoms with E-state index in [4.69, 9.17) is 0 Å². The lowest BCUT2D eigenvalue weighted by molar-refractivity contribution is -0.122. The lowest BCUT2D eigenvalue weighted by atomic mass is 10.1. The molecule has 1 N–H and O–H groups in total. The number of carbonyl (C=O) groups excluding carboxylic acids is 1. The molecular formula is C20H18BrN3O2. The van der Waals surface area contributed by atoms with Gasteiger partial charge >= 0.3 is 0 Å². The van der Waals surface area contributed by atoms with Gasteiger partial charge < -0.3 is 5.32 Å². The van der Waals surface area contributed by atoms with E-state index < -0.39 is 0 Å². The number of aromatic nitrogens is 2. The van der Waals surface area contributed by atoms with Crippen LogP contribution >= 0.6 is 15.9 Å². The van der Waals surface area contributed by atoms with Crippen LogP contribution in [0.4, 0.5) is 0 Å². The molecule has 0 spiro atoms. The van der Waals surface area contributed by atoms with E-state index in [2.05, 4.69) is 26.3 Å². The molecule has 1 unspecified atom stereocenters. The number of nitrogens with zero attached hydrogens (tertiary/aromatic N) is 2. The molecule has 0 aliphatic rings. The van der Waals surface area contributed by atoms with Gasteiger partial charge in [0.25, 0.3) is 5.56 Å². The van der Waals surface area contributed by atoms with Crippen LogP contribution in [0.15, 0.2) is 76.0 Å². The molecule has 26 heavy (non-hydrogen) atoms. The fraction of sp³-hybridized carbons (Fsp3) is 0.150. The van der Waals surface area contributed by atoms with Crippen molar-refractivity contribution in [1.29, 1.82) is 0 Å². The Morgan fingerprint density at radius 3 is 2.62 bits per heavy atom. The van der Waals surface area contributed by atoms with Gasteiger partial charge in [-0.25, -0.2) is 4.68 Å². The van der Waals surface area contributed by atoms with E-state index in [1.165, 1.54) is 10.7 Å². The van der Waals surface area contributed by atoms with Crippen LogP contribution in [0.3, 0.4) is 0 Å². The summed E-state index contributed by atoms with van der Waals surface area (Å²) >= 11 is 3.42. The minimum atomic E-state index is -0.310. The number of amides is 1. The Bertz CT molecular complexity index is 970. The monoisotopic (exact) mass is 411 g/mol. The fourth-order valence-corrected chi connectivity index (χ4v) is 3.02. The number of carbonyl (C=O) groups is 1. The van der Waals surface area contributed by atoms with E-state index in [0.29, 0.717) is 5.69 Å². The highest BCUT2D eigenvalue weighted by molar-refractivity contribution is 9.10. The highest BCUT2D eigenvalue weighted by Gasteiger charge is 2.12. The maximum absolute atomic E-state index is 12.4. The number of rotatable bonds is 5. The molecular weight excluding hydrogens is 394 g/mol. The fourth-order valence-electron chi connectivity index (χ4n) is 2.61. The average Bonchev–Trinajstić information content (AvgIpc) is 2.64. The van der Waals surface area contributed by atoms with Gasteiger partial charge in [0.1, 0.15) is 6.54 Å². The summed E-state index contributed by atoms with van der Waals surface area (Å²) in [4.78, 5) is 24.4. The SMILES string of the molecule is CC(NC(=O)Cn1nc(-c2ccccc2)ccc1=O)c1cccc(Br)c1. The second kappa shape index (κ2) is 8.10. The molecule has 0 aliphatic heterocycles. The van der Waals surface area contributed by atoms with Gasteiger partial charge in [-0.2, -0.15) is 5.10 Å². The Labute approximate surface area is 159 Å². The summed E-state index contributed by atoms with van der Waals surface area (Å²) in [5.41, 5.74) is 2.21. The van der Waals surface area contributed by atoms with Gasteiger partial charge in [0, 0.05) is 16.1 Å². The third kappa shape index (κ3) is 4.46. The van der Waals surface area contributed by atoms with E-state index in [1.807, 2.05) is 61.5 Å². The Kier molecular flexibility index (Phi) is 5.63.